The van der Waals surface area contributed by atoms with Gasteiger partial charge >= 0.3 is 0 Å². The highest BCUT2D eigenvalue weighted by molar-refractivity contribution is 6.11. The van der Waals surface area contributed by atoms with E-state index in [0.717, 1.165) is 39.3 Å². The van der Waals surface area contributed by atoms with Gasteiger partial charge in [0.25, 0.3) is 11.8 Å². The van der Waals surface area contributed by atoms with E-state index < -0.39 is 5.82 Å². The van der Waals surface area contributed by atoms with Crippen molar-refractivity contribution in [3.8, 4) is 11.1 Å². The van der Waals surface area contributed by atoms with Crippen LogP contribution in [0.4, 0.5) is 20.2 Å². The Morgan fingerprint density at radius 3 is 2.34 bits per heavy atom. The first kappa shape index (κ1) is 27.0. The summed E-state index contributed by atoms with van der Waals surface area (Å²) in [5.41, 5.74) is 14.0. The molecule has 0 atom stereocenters. The fourth-order valence-corrected chi connectivity index (χ4v) is 4.43. The Bertz CT molecular complexity index is 1270. The standard InChI is InChI=1S/C22H25FN4O3.C6H6FN/c23-19-12-14(24)2-3-16(19)15-4-5-17(20-18(15)13-26-22(20)29)21(28)25-6-1-7-27-8-10-30-11-9-27;7-5-1-3-6(8)4-2-5/h2-5,12H,1,6-11,13,24H2,(H,25,28)(H,26,29);1-4H,8H2. The summed E-state index contributed by atoms with van der Waals surface area (Å²) in [4.78, 5) is 27.5. The summed E-state index contributed by atoms with van der Waals surface area (Å²) in [5, 5.41) is 5.65. The minimum absolute atomic E-state index is 0.251. The molecule has 0 aromatic heterocycles. The number of nitrogen functional groups attached to an aromatic ring is 2. The number of nitrogens with two attached hydrogens (primary N) is 2. The maximum atomic E-state index is 14.4. The number of ether oxygens (including phenoxy) is 1. The van der Waals surface area contributed by atoms with Gasteiger partial charge in [-0.05, 0) is 72.6 Å². The van der Waals surface area contributed by atoms with Crippen molar-refractivity contribution in [1.82, 2.24) is 15.5 Å². The zero-order valence-electron chi connectivity index (χ0n) is 20.9. The van der Waals surface area contributed by atoms with Crippen LogP contribution in [0.25, 0.3) is 11.1 Å². The number of amides is 2. The van der Waals surface area contributed by atoms with Crippen LogP contribution >= 0.6 is 0 Å². The van der Waals surface area contributed by atoms with Crippen molar-refractivity contribution in [2.24, 2.45) is 0 Å². The highest BCUT2D eigenvalue weighted by Gasteiger charge is 2.29. The zero-order valence-corrected chi connectivity index (χ0v) is 20.9. The molecule has 2 aliphatic rings. The van der Waals surface area contributed by atoms with Gasteiger partial charge in [0, 0.05) is 43.1 Å². The van der Waals surface area contributed by atoms with Crippen LogP contribution in [0.1, 0.15) is 32.7 Å². The van der Waals surface area contributed by atoms with E-state index in [4.69, 9.17) is 16.2 Å². The van der Waals surface area contributed by atoms with Crippen molar-refractivity contribution in [1.29, 1.82) is 0 Å². The normalized spacial score (nSPS) is 14.7. The van der Waals surface area contributed by atoms with Crippen molar-refractivity contribution in [3.63, 3.8) is 0 Å². The van der Waals surface area contributed by atoms with E-state index in [2.05, 4.69) is 15.5 Å². The van der Waals surface area contributed by atoms with Crippen molar-refractivity contribution in [3.05, 3.63) is 82.9 Å². The molecule has 3 aromatic carbocycles. The van der Waals surface area contributed by atoms with E-state index in [9.17, 15) is 18.4 Å². The van der Waals surface area contributed by atoms with Gasteiger partial charge in [0.1, 0.15) is 11.6 Å². The van der Waals surface area contributed by atoms with E-state index in [1.165, 1.54) is 30.3 Å². The first-order chi connectivity index (χ1) is 18.3. The van der Waals surface area contributed by atoms with Gasteiger partial charge in [-0.2, -0.15) is 0 Å². The summed E-state index contributed by atoms with van der Waals surface area (Å²) in [5.74, 6) is -1.33. The van der Waals surface area contributed by atoms with Gasteiger partial charge in [-0.25, -0.2) is 8.78 Å². The predicted octanol–water partition coefficient (Wildman–Crippen LogP) is 3.18. The van der Waals surface area contributed by atoms with Crippen molar-refractivity contribution in [2.75, 3.05) is 50.9 Å². The van der Waals surface area contributed by atoms with Crippen LogP contribution in [-0.4, -0.2) is 56.1 Å². The number of hydrogen-bond acceptors (Lipinski definition) is 6. The molecule has 38 heavy (non-hydrogen) atoms. The molecule has 0 aliphatic carbocycles. The Hall–Kier alpha value is -4.02. The van der Waals surface area contributed by atoms with Crippen molar-refractivity contribution in [2.45, 2.75) is 13.0 Å². The molecule has 3 aromatic rings. The third kappa shape index (κ3) is 6.64. The smallest absolute Gasteiger partial charge is 0.252 e. The second kappa shape index (κ2) is 12.5. The van der Waals surface area contributed by atoms with E-state index in [-0.39, 0.29) is 24.2 Å². The molecule has 0 radical (unpaired) electrons. The Morgan fingerprint density at radius 1 is 0.974 bits per heavy atom. The molecule has 0 saturated carbocycles. The maximum absolute atomic E-state index is 14.4. The number of fused-ring (bicyclic) bond motifs is 1. The third-order valence-electron chi connectivity index (χ3n) is 6.40. The fraction of sp³-hybridized carbons (Fsp3) is 0.286. The van der Waals surface area contributed by atoms with Crippen LogP contribution in [0.3, 0.4) is 0 Å². The molecule has 8 nitrogen and oxygen atoms in total. The highest BCUT2D eigenvalue weighted by Crippen LogP contribution is 2.33. The summed E-state index contributed by atoms with van der Waals surface area (Å²) in [6.07, 6.45) is 0.814. The topological polar surface area (TPSA) is 123 Å². The Kier molecular flexibility index (Phi) is 8.88. The molecule has 0 unspecified atom stereocenters. The van der Waals surface area contributed by atoms with Crippen LogP contribution in [0, 0.1) is 11.6 Å². The van der Waals surface area contributed by atoms with Gasteiger partial charge in [-0.3, -0.25) is 14.5 Å². The summed E-state index contributed by atoms with van der Waals surface area (Å²) in [6, 6.07) is 13.4. The molecule has 1 fully saturated rings. The monoisotopic (exact) mass is 523 g/mol. The van der Waals surface area contributed by atoms with Crippen molar-refractivity contribution < 1.29 is 23.1 Å². The lowest BCUT2D eigenvalue weighted by atomic mass is 9.92. The molecule has 5 rings (SSSR count). The second-order valence-electron chi connectivity index (χ2n) is 9.05. The molecule has 0 bridgehead atoms. The number of hydrogen-bond donors (Lipinski definition) is 4. The van der Waals surface area contributed by atoms with Gasteiger partial charge in [-0.15, -0.1) is 0 Å². The number of carbonyl (C=O) groups excluding carboxylic acids is 2. The second-order valence-corrected chi connectivity index (χ2v) is 9.05. The van der Waals surface area contributed by atoms with Crippen LogP contribution in [0.2, 0.25) is 0 Å². The molecule has 1 saturated heterocycles. The van der Waals surface area contributed by atoms with E-state index >= 15 is 0 Å². The summed E-state index contributed by atoms with van der Waals surface area (Å²) in [7, 11) is 0. The third-order valence-corrected chi connectivity index (χ3v) is 6.40. The summed E-state index contributed by atoms with van der Waals surface area (Å²) < 4.78 is 31.8. The summed E-state index contributed by atoms with van der Waals surface area (Å²) in [6.45, 7) is 4.96. The Morgan fingerprint density at radius 2 is 1.66 bits per heavy atom. The largest absolute Gasteiger partial charge is 0.399 e. The predicted molar refractivity (Wildman–Crippen MR) is 142 cm³/mol. The van der Waals surface area contributed by atoms with Crippen LogP contribution in [-0.2, 0) is 11.3 Å². The van der Waals surface area contributed by atoms with E-state index in [1.54, 1.807) is 24.3 Å². The highest BCUT2D eigenvalue weighted by atomic mass is 19.1. The molecular weight excluding hydrogens is 492 g/mol. The van der Waals surface area contributed by atoms with Gasteiger partial charge in [0.15, 0.2) is 0 Å². The number of benzene rings is 3. The van der Waals surface area contributed by atoms with E-state index in [0.29, 0.717) is 45.7 Å². The van der Waals surface area contributed by atoms with Gasteiger partial charge < -0.3 is 26.8 Å². The fourth-order valence-electron chi connectivity index (χ4n) is 4.43. The number of halogens is 2. The lowest BCUT2D eigenvalue weighted by Crippen LogP contribution is -2.38. The minimum Gasteiger partial charge on any atom is -0.399 e. The minimum atomic E-state index is -0.461. The average Bonchev–Trinajstić information content (AvgIpc) is 3.31. The number of morpholine rings is 1. The molecule has 2 aliphatic heterocycles. The maximum Gasteiger partial charge on any atom is 0.252 e. The van der Waals surface area contributed by atoms with E-state index in [1.807, 2.05) is 0 Å². The Balaban J connectivity index is 0.000000360. The SMILES string of the molecule is Nc1ccc(-c2ccc(C(=O)NCCCN3CCOCC3)c3c2CNC3=O)c(F)c1.Nc1ccc(F)cc1. The van der Waals surface area contributed by atoms with Gasteiger partial charge in [0.05, 0.1) is 24.3 Å². The quantitative estimate of drug-likeness (QED) is 0.291. The van der Waals surface area contributed by atoms with Gasteiger partial charge in [-0.1, -0.05) is 6.07 Å². The van der Waals surface area contributed by atoms with Crippen molar-refractivity contribution >= 4 is 23.2 Å². The number of rotatable bonds is 6. The first-order valence-corrected chi connectivity index (χ1v) is 12.4. The molecule has 6 N–H and O–H groups in total. The molecule has 2 amide bonds. The average molecular weight is 524 g/mol. The first-order valence-electron chi connectivity index (χ1n) is 12.4. The molecule has 200 valence electrons. The van der Waals surface area contributed by atoms with Crippen LogP contribution < -0.4 is 22.1 Å². The molecule has 2 heterocycles. The number of nitrogens with zero attached hydrogens (tertiary/aromatic N) is 1. The summed E-state index contributed by atoms with van der Waals surface area (Å²) >= 11 is 0. The molecule has 0 spiro atoms. The lowest BCUT2D eigenvalue weighted by molar-refractivity contribution is 0.0374. The van der Waals surface area contributed by atoms with Crippen LogP contribution in [0.5, 0.6) is 0 Å². The number of anilines is 2. The molecular formula is C28H31F2N5O3. The Labute approximate surface area is 219 Å². The molecule has 10 heteroatoms. The van der Waals surface area contributed by atoms with Crippen LogP contribution in [0.15, 0.2) is 54.6 Å². The zero-order chi connectivity index (χ0) is 27.1. The van der Waals surface area contributed by atoms with Gasteiger partial charge in [0.2, 0.25) is 0 Å². The lowest BCUT2D eigenvalue weighted by Gasteiger charge is -2.26. The number of nitrogens with one attached hydrogen (secondary N) is 2. The number of carbonyl (C=O) groups is 2.